The van der Waals surface area contributed by atoms with Gasteiger partial charge in [-0.1, -0.05) is 72.3 Å². The second-order valence-corrected chi connectivity index (χ2v) is 7.13. The van der Waals surface area contributed by atoms with E-state index in [2.05, 4.69) is 46.5 Å². The van der Waals surface area contributed by atoms with E-state index in [9.17, 15) is 4.79 Å². The number of aromatic nitrogens is 2. The lowest BCUT2D eigenvalue weighted by Crippen LogP contribution is -2.15. The fourth-order valence-corrected chi connectivity index (χ4v) is 3.14. The number of nitrogens with one attached hydrogen (secondary N) is 1. The molecule has 1 N–H and O–H groups in total. The molecule has 150 valence electrons. The Hall–Kier alpha value is -3.73. The summed E-state index contributed by atoms with van der Waals surface area (Å²) in [4.78, 5) is 21.9. The lowest BCUT2D eigenvalue weighted by molar-refractivity contribution is 0.0467. The third-order valence-corrected chi connectivity index (χ3v) is 4.80. The fraction of sp³-hybridized carbons (Fsp3) is 0.160. The largest absolute Gasteiger partial charge is 0.456 e. The van der Waals surface area contributed by atoms with Crippen molar-refractivity contribution in [3.63, 3.8) is 0 Å². The first kappa shape index (κ1) is 19.6. The van der Waals surface area contributed by atoms with Crippen LogP contribution in [-0.2, 0) is 17.8 Å². The number of anilines is 1. The van der Waals surface area contributed by atoms with Crippen LogP contribution in [0.25, 0.3) is 11.0 Å². The molecular weight excluding hydrogens is 374 g/mol. The minimum atomic E-state index is -0.491. The number of ether oxygens (including phenoxy) is 1. The number of benzene rings is 3. The van der Waals surface area contributed by atoms with Gasteiger partial charge < -0.3 is 10.1 Å². The Morgan fingerprint density at radius 3 is 2.23 bits per heavy atom. The summed E-state index contributed by atoms with van der Waals surface area (Å²) in [6, 6.07) is 25.5. The first-order valence-corrected chi connectivity index (χ1v) is 9.96. The van der Waals surface area contributed by atoms with E-state index in [0.717, 1.165) is 17.5 Å². The predicted octanol–water partition coefficient (Wildman–Crippen LogP) is 4.95. The van der Waals surface area contributed by atoms with Crippen LogP contribution >= 0.6 is 0 Å². The van der Waals surface area contributed by atoms with Crippen molar-refractivity contribution >= 4 is 22.8 Å². The van der Waals surface area contributed by atoms with Crippen molar-refractivity contribution < 1.29 is 9.53 Å². The average Bonchev–Trinajstić information content (AvgIpc) is 2.79. The van der Waals surface area contributed by atoms with Crippen molar-refractivity contribution in [3.8, 4) is 0 Å². The van der Waals surface area contributed by atoms with Crippen molar-refractivity contribution in [2.24, 2.45) is 0 Å². The number of esters is 1. The van der Waals surface area contributed by atoms with Gasteiger partial charge in [0.15, 0.2) is 11.5 Å². The third kappa shape index (κ3) is 4.81. The molecule has 5 heteroatoms. The summed E-state index contributed by atoms with van der Waals surface area (Å²) in [5.74, 6) is -0.0474. The average molecular weight is 397 g/mol. The number of fused-ring (bicyclic) bond motifs is 1. The highest BCUT2D eigenvalue weighted by atomic mass is 16.5. The summed E-state index contributed by atoms with van der Waals surface area (Å²) in [6.45, 7) is 2.89. The Morgan fingerprint density at radius 2 is 1.50 bits per heavy atom. The van der Waals surface area contributed by atoms with Gasteiger partial charge in [0, 0.05) is 6.54 Å². The van der Waals surface area contributed by atoms with Gasteiger partial charge in [0.05, 0.1) is 11.0 Å². The zero-order valence-electron chi connectivity index (χ0n) is 16.8. The highest BCUT2D eigenvalue weighted by Crippen LogP contribution is 2.19. The smallest absolute Gasteiger partial charge is 0.361 e. The summed E-state index contributed by atoms with van der Waals surface area (Å²) >= 11 is 0. The maximum absolute atomic E-state index is 12.8. The van der Waals surface area contributed by atoms with Crippen LogP contribution in [0.1, 0.15) is 27.2 Å². The molecule has 4 aromatic rings. The van der Waals surface area contributed by atoms with Gasteiger partial charge in [-0.05, 0) is 36.6 Å². The Balaban J connectivity index is 1.52. The summed E-state index contributed by atoms with van der Waals surface area (Å²) in [7, 11) is 0. The number of carbonyl (C=O) groups is 1. The summed E-state index contributed by atoms with van der Waals surface area (Å²) in [6.07, 6.45) is 0.813. The number of aryl methyl sites for hydroxylation is 1. The molecule has 3 aromatic carbocycles. The number of carbonyl (C=O) groups excluding carboxylic acids is 1. The molecule has 0 aliphatic carbocycles. The molecule has 0 saturated heterocycles. The molecule has 0 aliphatic heterocycles. The fourth-order valence-electron chi connectivity index (χ4n) is 3.14. The van der Waals surface area contributed by atoms with E-state index in [1.165, 1.54) is 11.1 Å². The lowest BCUT2D eigenvalue weighted by atomic mass is 10.1. The van der Waals surface area contributed by atoms with Gasteiger partial charge in [0.25, 0.3) is 0 Å². The van der Waals surface area contributed by atoms with Crippen molar-refractivity contribution in [3.05, 3.63) is 101 Å². The van der Waals surface area contributed by atoms with Gasteiger partial charge in [-0.3, -0.25) is 0 Å². The Labute approximate surface area is 175 Å². The van der Waals surface area contributed by atoms with E-state index in [1.54, 1.807) is 0 Å². The number of nitrogens with zero attached hydrogens (tertiary/aromatic N) is 2. The van der Waals surface area contributed by atoms with Crippen LogP contribution in [0, 0.1) is 6.92 Å². The minimum absolute atomic E-state index is 0.191. The van der Waals surface area contributed by atoms with Crippen LogP contribution in [0.15, 0.2) is 78.9 Å². The summed E-state index contributed by atoms with van der Waals surface area (Å²) < 4.78 is 5.50. The molecule has 0 amide bonds. The normalized spacial score (nSPS) is 10.7. The molecule has 0 saturated carbocycles. The van der Waals surface area contributed by atoms with Crippen molar-refractivity contribution in [2.45, 2.75) is 20.0 Å². The molecule has 0 radical (unpaired) electrons. The molecular formula is C25H23N3O2. The van der Waals surface area contributed by atoms with Crippen LogP contribution in [0.5, 0.6) is 0 Å². The van der Waals surface area contributed by atoms with E-state index < -0.39 is 5.97 Å². The van der Waals surface area contributed by atoms with E-state index >= 15 is 0 Å². The molecule has 4 rings (SSSR count). The van der Waals surface area contributed by atoms with Gasteiger partial charge in [0.2, 0.25) is 0 Å². The third-order valence-electron chi connectivity index (χ3n) is 4.80. The van der Waals surface area contributed by atoms with E-state index in [4.69, 9.17) is 4.74 Å². The molecule has 1 aromatic heterocycles. The number of hydrogen-bond donors (Lipinski definition) is 1. The molecule has 5 nitrogen and oxygen atoms in total. The van der Waals surface area contributed by atoms with Gasteiger partial charge in [-0.2, -0.15) is 0 Å². The van der Waals surface area contributed by atoms with E-state index in [-0.39, 0.29) is 12.3 Å². The second-order valence-electron chi connectivity index (χ2n) is 7.13. The van der Waals surface area contributed by atoms with Crippen molar-refractivity contribution in [1.82, 2.24) is 9.97 Å². The van der Waals surface area contributed by atoms with Gasteiger partial charge in [0.1, 0.15) is 6.61 Å². The summed E-state index contributed by atoms with van der Waals surface area (Å²) in [5.41, 5.74) is 4.97. The monoisotopic (exact) mass is 397 g/mol. The molecule has 0 unspecified atom stereocenters. The topological polar surface area (TPSA) is 64.1 Å². The zero-order valence-corrected chi connectivity index (χ0v) is 16.8. The molecule has 0 fully saturated rings. The van der Waals surface area contributed by atoms with Crippen LogP contribution < -0.4 is 5.32 Å². The van der Waals surface area contributed by atoms with E-state index in [0.29, 0.717) is 17.9 Å². The van der Waals surface area contributed by atoms with Crippen molar-refractivity contribution in [1.29, 1.82) is 0 Å². The first-order chi connectivity index (χ1) is 14.7. The molecule has 0 bridgehead atoms. The Bertz CT molecular complexity index is 1140. The van der Waals surface area contributed by atoms with Gasteiger partial charge >= 0.3 is 5.97 Å². The quantitative estimate of drug-likeness (QED) is 0.447. The first-order valence-electron chi connectivity index (χ1n) is 9.96. The molecule has 30 heavy (non-hydrogen) atoms. The minimum Gasteiger partial charge on any atom is -0.456 e. The van der Waals surface area contributed by atoms with Crippen LogP contribution in [0.4, 0.5) is 5.82 Å². The molecule has 0 atom stereocenters. The number of para-hydroxylation sites is 2. The molecule has 0 spiro atoms. The molecule has 1 heterocycles. The zero-order chi connectivity index (χ0) is 20.8. The maximum atomic E-state index is 12.8. The van der Waals surface area contributed by atoms with Crippen LogP contribution in [0.3, 0.4) is 0 Å². The maximum Gasteiger partial charge on any atom is 0.361 e. The highest BCUT2D eigenvalue weighted by Gasteiger charge is 2.18. The summed E-state index contributed by atoms with van der Waals surface area (Å²) in [5, 5.41) is 3.27. The van der Waals surface area contributed by atoms with Gasteiger partial charge in [-0.15, -0.1) is 0 Å². The molecule has 0 aliphatic rings. The van der Waals surface area contributed by atoms with Crippen LogP contribution in [-0.4, -0.2) is 22.5 Å². The second kappa shape index (κ2) is 9.18. The highest BCUT2D eigenvalue weighted by molar-refractivity contribution is 5.95. The predicted molar refractivity (Wildman–Crippen MR) is 118 cm³/mol. The standard InChI is InChI=1S/C25H23N3O2/c1-18-11-13-19(14-12-18)15-16-26-24-23(27-21-9-5-6-10-22(21)28-24)25(29)30-17-20-7-3-2-4-8-20/h2-14H,15-17H2,1H3,(H,26,28). The van der Waals surface area contributed by atoms with Crippen molar-refractivity contribution in [2.75, 3.05) is 11.9 Å². The lowest BCUT2D eigenvalue weighted by Gasteiger charge is -2.12. The number of rotatable bonds is 7. The Morgan fingerprint density at radius 1 is 0.833 bits per heavy atom. The van der Waals surface area contributed by atoms with Crippen LogP contribution in [0.2, 0.25) is 0 Å². The SMILES string of the molecule is Cc1ccc(CCNc2nc3ccccc3nc2C(=O)OCc2ccccc2)cc1. The van der Waals surface area contributed by atoms with Gasteiger partial charge in [-0.25, -0.2) is 14.8 Å². The van der Waals surface area contributed by atoms with E-state index in [1.807, 2.05) is 54.6 Å². The Kier molecular flexibility index (Phi) is 5.99. The number of hydrogen-bond acceptors (Lipinski definition) is 5.